The second-order valence-corrected chi connectivity index (χ2v) is 9.36. The number of aliphatic hydroxyl groups excluding tert-OH is 1. The number of hydrogen-bond donors (Lipinski definition) is 1. The summed E-state index contributed by atoms with van der Waals surface area (Å²) in [5.74, 6) is 6.12. The van der Waals surface area contributed by atoms with Gasteiger partial charge in [0.05, 0.1) is 19.2 Å². The van der Waals surface area contributed by atoms with Crippen LogP contribution in [0.2, 0.25) is 0 Å². The molecule has 3 heterocycles. The Morgan fingerprint density at radius 2 is 2.12 bits per heavy atom. The predicted octanol–water partition coefficient (Wildman–Crippen LogP) is 2.34. The van der Waals surface area contributed by atoms with Crippen molar-refractivity contribution in [3.05, 3.63) is 23.4 Å². The highest BCUT2D eigenvalue weighted by Crippen LogP contribution is 2.28. The van der Waals surface area contributed by atoms with E-state index in [0.29, 0.717) is 37.4 Å². The standard InChI is InChI=1S/C26H37N3O5/c1-5-6-7-8-20-13-22-24(27-14-20)34-23(18(2)15-29(26(22)32)19(3)17-30)16-28(4)25(31)21-9-11-33-12-10-21/h13-14,18-19,21,23,30H,5-6,9-12,15-17H2,1-4H3/t18-,19+,23-/m1/s1. The average Bonchev–Trinajstić information content (AvgIpc) is 2.86. The van der Waals surface area contributed by atoms with Crippen LogP contribution in [0.15, 0.2) is 12.3 Å². The topological polar surface area (TPSA) is 92.2 Å². The number of rotatable bonds is 6. The van der Waals surface area contributed by atoms with Crippen molar-refractivity contribution in [1.29, 1.82) is 0 Å². The molecular weight excluding hydrogens is 434 g/mol. The lowest BCUT2D eigenvalue weighted by Crippen LogP contribution is -2.51. The quantitative estimate of drug-likeness (QED) is 0.641. The van der Waals surface area contributed by atoms with Crippen LogP contribution in [0.4, 0.5) is 0 Å². The second-order valence-electron chi connectivity index (χ2n) is 9.36. The lowest BCUT2D eigenvalue weighted by molar-refractivity contribution is -0.138. The second kappa shape index (κ2) is 12.2. The summed E-state index contributed by atoms with van der Waals surface area (Å²) in [4.78, 5) is 34.3. The van der Waals surface area contributed by atoms with Gasteiger partial charge in [0.25, 0.3) is 5.91 Å². The third-order valence-corrected chi connectivity index (χ3v) is 6.53. The molecule has 0 aromatic carbocycles. The van der Waals surface area contributed by atoms with Crippen LogP contribution < -0.4 is 4.74 Å². The molecular formula is C26H37N3O5. The van der Waals surface area contributed by atoms with Gasteiger partial charge in [-0.25, -0.2) is 4.98 Å². The van der Waals surface area contributed by atoms with Gasteiger partial charge in [-0.2, -0.15) is 0 Å². The van der Waals surface area contributed by atoms with E-state index in [1.54, 1.807) is 29.1 Å². The van der Waals surface area contributed by atoms with Crippen molar-refractivity contribution >= 4 is 11.8 Å². The molecule has 2 amide bonds. The first-order valence-corrected chi connectivity index (χ1v) is 12.3. The summed E-state index contributed by atoms with van der Waals surface area (Å²) >= 11 is 0. The molecule has 0 bridgehead atoms. The van der Waals surface area contributed by atoms with Gasteiger partial charge in [0, 0.05) is 56.8 Å². The number of ether oxygens (including phenoxy) is 2. The molecule has 0 spiro atoms. The Labute approximate surface area is 202 Å². The SMILES string of the molecule is CCCC#Cc1cnc2c(c1)C(=O)N([C@@H](C)CO)C[C@@H](C)[C@@H](CN(C)C(=O)C1CCOCC1)O2. The van der Waals surface area contributed by atoms with Crippen molar-refractivity contribution < 1.29 is 24.2 Å². The highest BCUT2D eigenvalue weighted by Gasteiger charge is 2.35. The van der Waals surface area contributed by atoms with Gasteiger partial charge in [-0.1, -0.05) is 25.7 Å². The normalized spacial score (nSPS) is 21.9. The molecule has 1 aromatic rings. The largest absolute Gasteiger partial charge is 0.472 e. The maximum Gasteiger partial charge on any atom is 0.259 e. The number of unbranched alkanes of at least 4 members (excludes halogenated alkanes) is 1. The summed E-state index contributed by atoms with van der Waals surface area (Å²) in [6.45, 7) is 7.73. The number of pyridine rings is 1. The Kier molecular flexibility index (Phi) is 9.31. The fourth-order valence-electron chi connectivity index (χ4n) is 4.29. The summed E-state index contributed by atoms with van der Waals surface area (Å²) < 4.78 is 11.7. The molecule has 1 saturated heterocycles. The molecule has 2 aliphatic heterocycles. The van der Waals surface area contributed by atoms with Gasteiger partial charge in [-0.15, -0.1) is 0 Å². The third-order valence-electron chi connectivity index (χ3n) is 6.53. The van der Waals surface area contributed by atoms with Gasteiger partial charge in [0.15, 0.2) is 0 Å². The predicted molar refractivity (Wildman–Crippen MR) is 128 cm³/mol. The molecule has 3 rings (SSSR count). The van der Waals surface area contributed by atoms with Crippen LogP contribution in [0.25, 0.3) is 0 Å². The Morgan fingerprint density at radius 1 is 1.38 bits per heavy atom. The van der Waals surface area contributed by atoms with E-state index < -0.39 is 0 Å². The van der Waals surface area contributed by atoms with Crippen molar-refractivity contribution in [2.75, 3.05) is 40.0 Å². The zero-order chi connectivity index (χ0) is 24.7. The van der Waals surface area contributed by atoms with E-state index in [9.17, 15) is 14.7 Å². The van der Waals surface area contributed by atoms with Crippen LogP contribution >= 0.6 is 0 Å². The van der Waals surface area contributed by atoms with Gasteiger partial charge in [0.1, 0.15) is 11.7 Å². The van der Waals surface area contributed by atoms with Gasteiger partial charge in [0.2, 0.25) is 11.8 Å². The Morgan fingerprint density at radius 3 is 2.79 bits per heavy atom. The Bertz CT molecular complexity index is 919. The fraction of sp³-hybridized carbons (Fsp3) is 0.654. The molecule has 2 aliphatic rings. The van der Waals surface area contributed by atoms with Gasteiger partial charge in [-0.3, -0.25) is 9.59 Å². The minimum absolute atomic E-state index is 0.0373. The van der Waals surface area contributed by atoms with Gasteiger partial charge in [-0.05, 0) is 32.3 Å². The van der Waals surface area contributed by atoms with E-state index >= 15 is 0 Å². The minimum Gasteiger partial charge on any atom is -0.472 e. The highest BCUT2D eigenvalue weighted by atomic mass is 16.5. The lowest BCUT2D eigenvalue weighted by atomic mass is 9.97. The number of hydrogen-bond acceptors (Lipinski definition) is 6. The molecule has 8 heteroatoms. The summed E-state index contributed by atoms with van der Waals surface area (Å²) in [5, 5.41) is 9.80. The molecule has 34 heavy (non-hydrogen) atoms. The smallest absolute Gasteiger partial charge is 0.259 e. The number of nitrogens with zero attached hydrogens (tertiary/aromatic N) is 3. The number of aromatic nitrogens is 1. The molecule has 186 valence electrons. The zero-order valence-corrected chi connectivity index (χ0v) is 20.7. The first kappa shape index (κ1) is 26.0. The lowest BCUT2D eigenvalue weighted by Gasteiger charge is -2.38. The number of amides is 2. The summed E-state index contributed by atoms with van der Waals surface area (Å²) in [6.07, 6.45) is 4.43. The van der Waals surface area contributed by atoms with Crippen LogP contribution in [0.1, 0.15) is 62.4 Å². The molecule has 0 unspecified atom stereocenters. The van der Waals surface area contributed by atoms with Crippen molar-refractivity contribution in [3.63, 3.8) is 0 Å². The van der Waals surface area contributed by atoms with Crippen LogP contribution in [0.3, 0.4) is 0 Å². The van der Waals surface area contributed by atoms with Crippen molar-refractivity contribution in [1.82, 2.24) is 14.8 Å². The summed E-state index contributed by atoms with van der Waals surface area (Å²) in [6, 6.07) is 1.35. The first-order valence-electron chi connectivity index (χ1n) is 12.3. The molecule has 1 aromatic heterocycles. The van der Waals surface area contributed by atoms with Gasteiger partial charge < -0.3 is 24.4 Å². The van der Waals surface area contributed by atoms with Crippen molar-refractivity contribution in [3.8, 4) is 17.7 Å². The maximum atomic E-state index is 13.4. The molecule has 8 nitrogen and oxygen atoms in total. The van der Waals surface area contributed by atoms with E-state index in [0.717, 1.165) is 25.7 Å². The summed E-state index contributed by atoms with van der Waals surface area (Å²) in [5.41, 5.74) is 0.983. The third kappa shape index (κ3) is 6.28. The average molecular weight is 472 g/mol. The van der Waals surface area contributed by atoms with E-state index in [1.165, 1.54) is 0 Å². The van der Waals surface area contributed by atoms with Crippen LogP contribution in [0.5, 0.6) is 5.88 Å². The van der Waals surface area contributed by atoms with E-state index in [2.05, 4.69) is 23.7 Å². The molecule has 1 fully saturated rings. The number of likely N-dealkylation sites (N-methyl/N-ethyl adjacent to an activating group) is 1. The molecule has 0 saturated carbocycles. The molecule has 3 atom stereocenters. The number of carbonyl (C=O) groups is 2. The van der Waals surface area contributed by atoms with E-state index in [1.807, 2.05) is 13.8 Å². The zero-order valence-electron chi connectivity index (χ0n) is 20.7. The first-order chi connectivity index (χ1) is 16.3. The molecule has 0 radical (unpaired) electrons. The van der Waals surface area contributed by atoms with Crippen LogP contribution in [-0.2, 0) is 9.53 Å². The van der Waals surface area contributed by atoms with Crippen molar-refractivity contribution in [2.45, 2.75) is 58.6 Å². The van der Waals surface area contributed by atoms with Crippen molar-refractivity contribution in [2.24, 2.45) is 11.8 Å². The number of aliphatic hydroxyl groups is 1. The molecule has 0 aliphatic carbocycles. The monoisotopic (exact) mass is 471 g/mol. The highest BCUT2D eigenvalue weighted by molar-refractivity contribution is 5.97. The van der Waals surface area contributed by atoms with Gasteiger partial charge >= 0.3 is 0 Å². The minimum atomic E-state index is -0.363. The van der Waals surface area contributed by atoms with Crippen LogP contribution in [0, 0.1) is 23.7 Å². The fourth-order valence-corrected chi connectivity index (χ4v) is 4.29. The maximum absolute atomic E-state index is 13.4. The Balaban J connectivity index is 1.88. The van der Waals surface area contributed by atoms with E-state index in [-0.39, 0.29) is 48.3 Å². The Hall–Kier alpha value is -2.63. The summed E-state index contributed by atoms with van der Waals surface area (Å²) in [7, 11) is 1.80. The van der Waals surface area contributed by atoms with E-state index in [4.69, 9.17) is 9.47 Å². The number of fused-ring (bicyclic) bond motifs is 1. The number of carbonyl (C=O) groups excluding carboxylic acids is 2. The van der Waals surface area contributed by atoms with Crippen LogP contribution in [-0.4, -0.2) is 83.8 Å². The molecule has 1 N–H and O–H groups in total.